The van der Waals surface area contributed by atoms with Gasteiger partial charge in [0.15, 0.2) is 0 Å². The van der Waals surface area contributed by atoms with Crippen LogP contribution in [0, 0.1) is 5.82 Å². The van der Waals surface area contributed by atoms with Crippen LogP contribution in [-0.2, 0) is 17.1 Å². The van der Waals surface area contributed by atoms with Gasteiger partial charge in [0.05, 0.1) is 19.1 Å². The van der Waals surface area contributed by atoms with E-state index in [2.05, 4.69) is 9.71 Å². The van der Waals surface area contributed by atoms with Crippen molar-refractivity contribution in [1.29, 1.82) is 0 Å². The van der Waals surface area contributed by atoms with Gasteiger partial charge in [-0.3, -0.25) is 0 Å². The highest BCUT2D eigenvalue weighted by Gasteiger charge is 2.27. The Balaban J connectivity index is 2.10. The van der Waals surface area contributed by atoms with Crippen LogP contribution in [0.2, 0.25) is 0 Å². The molecule has 0 bridgehead atoms. The number of nitrogens with one attached hydrogen (secondary N) is 1. The molecule has 0 spiro atoms. The first-order chi connectivity index (χ1) is 13.3. The van der Waals surface area contributed by atoms with Crippen molar-refractivity contribution in [2.75, 3.05) is 14.2 Å². The fraction of sp³-hybridized carbons (Fsp3) is 0.211. The largest absolute Gasteiger partial charge is 0.497 e. The predicted molar refractivity (Wildman–Crippen MR) is 101 cm³/mol. The molecule has 148 valence electrons. The van der Waals surface area contributed by atoms with Crippen molar-refractivity contribution in [3.63, 3.8) is 0 Å². The van der Waals surface area contributed by atoms with Crippen LogP contribution in [-0.4, -0.2) is 32.2 Å². The van der Waals surface area contributed by atoms with Gasteiger partial charge in [0.1, 0.15) is 29.2 Å². The van der Waals surface area contributed by atoms with E-state index in [1.165, 1.54) is 32.4 Å². The van der Waals surface area contributed by atoms with Crippen molar-refractivity contribution < 1.29 is 22.3 Å². The van der Waals surface area contributed by atoms with Gasteiger partial charge in [-0.1, -0.05) is 6.07 Å². The van der Waals surface area contributed by atoms with Gasteiger partial charge < -0.3 is 14.0 Å². The normalized spacial score (nSPS) is 12.6. The molecule has 7 nitrogen and oxygen atoms in total. The smallest absolute Gasteiger partial charge is 0.241 e. The summed E-state index contributed by atoms with van der Waals surface area (Å²) in [4.78, 5) is 4.10. The Labute approximate surface area is 162 Å². The molecule has 0 amide bonds. The number of ether oxygens (including phenoxy) is 2. The van der Waals surface area contributed by atoms with Crippen molar-refractivity contribution in [3.05, 3.63) is 72.1 Å². The van der Waals surface area contributed by atoms with E-state index in [9.17, 15) is 12.8 Å². The Morgan fingerprint density at radius 1 is 1.11 bits per heavy atom. The molecule has 0 fully saturated rings. The average molecular weight is 405 g/mol. The molecule has 3 aromatic rings. The van der Waals surface area contributed by atoms with E-state index in [1.807, 2.05) is 0 Å². The standard InChI is InChI=1S/C19H20FN3O4S/c1-23-8-7-21-19(23)18(13-9-15(26-2)12-16(10-13)27-3)22-28(24,25)17-6-4-5-14(20)11-17/h4-12,18,22H,1-3H3. The Morgan fingerprint density at radius 3 is 2.32 bits per heavy atom. The fourth-order valence-corrected chi connectivity index (χ4v) is 3.99. The van der Waals surface area contributed by atoms with Crippen molar-refractivity contribution >= 4 is 10.0 Å². The first kappa shape index (κ1) is 19.8. The van der Waals surface area contributed by atoms with E-state index in [0.717, 1.165) is 6.07 Å². The lowest BCUT2D eigenvalue weighted by molar-refractivity contribution is 0.392. The number of sulfonamides is 1. The summed E-state index contributed by atoms with van der Waals surface area (Å²) >= 11 is 0. The van der Waals surface area contributed by atoms with E-state index in [4.69, 9.17) is 9.47 Å². The summed E-state index contributed by atoms with van der Waals surface area (Å²) in [5, 5.41) is 0. The van der Waals surface area contributed by atoms with Crippen LogP contribution < -0.4 is 14.2 Å². The van der Waals surface area contributed by atoms with Crippen LogP contribution in [0.5, 0.6) is 11.5 Å². The molecular formula is C19H20FN3O4S. The third-order valence-electron chi connectivity index (χ3n) is 4.20. The average Bonchev–Trinajstić information content (AvgIpc) is 3.11. The molecule has 1 heterocycles. The van der Waals surface area contributed by atoms with Crippen LogP contribution in [0.25, 0.3) is 0 Å². The number of hydrogen-bond donors (Lipinski definition) is 1. The number of nitrogens with zero attached hydrogens (tertiary/aromatic N) is 2. The minimum Gasteiger partial charge on any atom is -0.497 e. The Morgan fingerprint density at radius 2 is 1.79 bits per heavy atom. The van der Waals surface area contributed by atoms with Gasteiger partial charge in [0, 0.05) is 25.5 Å². The highest BCUT2D eigenvalue weighted by molar-refractivity contribution is 7.89. The molecule has 1 atom stereocenters. The van der Waals surface area contributed by atoms with Crippen molar-refractivity contribution in [2.45, 2.75) is 10.9 Å². The molecular weight excluding hydrogens is 385 g/mol. The topological polar surface area (TPSA) is 82.4 Å². The zero-order chi connectivity index (χ0) is 20.3. The lowest BCUT2D eigenvalue weighted by Gasteiger charge is -2.20. The molecule has 9 heteroatoms. The molecule has 1 unspecified atom stereocenters. The first-order valence-corrected chi connectivity index (χ1v) is 9.80. The van der Waals surface area contributed by atoms with Crippen LogP contribution in [0.4, 0.5) is 4.39 Å². The summed E-state index contributed by atoms with van der Waals surface area (Å²) in [6.07, 6.45) is 3.27. The van der Waals surface area contributed by atoms with Crippen LogP contribution >= 0.6 is 0 Å². The molecule has 1 N–H and O–H groups in total. The van der Waals surface area contributed by atoms with Gasteiger partial charge in [-0.25, -0.2) is 17.8 Å². The van der Waals surface area contributed by atoms with E-state index < -0.39 is 21.9 Å². The van der Waals surface area contributed by atoms with Crippen LogP contribution in [0.15, 0.2) is 59.8 Å². The molecule has 0 aliphatic carbocycles. The summed E-state index contributed by atoms with van der Waals surface area (Å²) in [7, 11) is 0.727. The summed E-state index contributed by atoms with van der Waals surface area (Å²) in [5.41, 5.74) is 0.561. The van der Waals surface area contributed by atoms with Gasteiger partial charge >= 0.3 is 0 Å². The second kappa shape index (κ2) is 7.99. The van der Waals surface area contributed by atoms with Crippen molar-refractivity contribution in [3.8, 4) is 11.5 Å². The summed E-state index contributed by atoms with van der Waals surface area (Å²) in [6.45, 7) is 0. The number of aryl methyl sites for hydroxylation is 1. The van der Waals surface area contributed by atoms with E-state index >= 15 is 0 Å². The molecule has 0 aliphatic rings. The monoisotopic (exact) mass is 405 g/mol. The highest BCUT2D eigenvalue weighted by atomic mass is 32.2. The second-order valence-electron chi connectivity index (χ2n) is 6.05. The molecule has 0 aliphatic heterocycles. The first-order valence-electron chi connectivity index (χ1n) is 8.32. The summed E-state index contributed by atoms with van der Waals surface area (Å²) < 4.78 is 54.3. The number of benzene rings is 2. The molecule has 0 saturated carbocycles. The lowest BCUT2D eigenvalue weighted by atomic mass is 10.1. The van der Waals surface area contributed by atoms with Gasteiger partial charge in [-0.15, -0.1) is 0 Å². The Kier molecular flexibility index (Phi) is 5.66. The number of hydrogen-bond acceptors (Lipinski definition) is 5. The van der Waals surface area contributed by atoms with E-state index in [1.54, 1.807) is 42.2 Å². The number of imidazole rings is 1. The van der Waals surface area contributed by atoms with E-state index in [-0.39, 0.29) is 4.90 Å². The van der Waals surface area contributed by atoms with Crippen molar-refractivity contribution in [2.24, 2.45) is 7.05 Å². The zero-order valence-electron chi connectivity index (χ0n) is 15.6. The molecule has 28 heavy (non-hydrogen) atoms. The van der Waals surface area contributed by atoms with Gasteiger partial charge in [-0.05, 0) is 35.9 Å². The Hall–Kier alpha value is -2.91. The maximum absolute atomic E-state index is 13.6. The van der Waals surface area contributed by atoms with Gasteiger partial charge in [0.25, 0.3) is 0 Å². The number of methoxy groups -OCH3 is 2. The molecule has 0 saturated heterocycles. The highest BCUT2D eigenvalue weighted by Crippen LogP contribution is 2.30. The predicted octanol–water partition coefficient (Wildman–Crippen LogP) is 2.64. The summed E-state index contributed by atoms with van der Waals surface area (Å²) in [6, 6.07) is 9.02. The lowest BCUT2D eigenvalue weighted by Crippen LogP contribution is -2.31. The Bertz CT molecular complexity index is 1060. The minimum atomic E-state index is -4.04. The number of aromatic nitrogens is 2. The molecule has 2 aromatic carbocycles. The third kappa shape index (κ3) is 4.15. The minimum absolute atomic E-state index is 0.179. The zero-order valence-corrected chi connectivity index (χ0v) is 16.4. The van der Waals surface area contributed by atoms with Gasteiger partial charge in [0.2, 0.25) is 10.0 Å². The fourth-order valence-electron chi connectivity index (χ4n) is 2.78. The second-order valence-corrected chi connectivity index (χ2v) is 7.77. The van der Waals surface area contributed by atoms with Crippen molar-refractivity contribution in [1.82, 2.24) is 14.3 Å². The van der Waals surface area contributed by atoms with Gasteiger partial charge in [-0.2, -0.15) is 4.72 Å². The maximum Gasteiger partial charge on any atom is 0.241 e. The SMILES string of the molecule is COc1cc(OC)cc(C(NS(=O)(=O)c2cccc(F)c2)c2nccn2C)c1. The number of rotatable bonds is 7. The molecule has 1 aromatic heterocycles. The molecule has 3 rings (SSSR count). The van der Waals surface area contributed by atoms with E-state index in [0.29, 0.717) is 22.9 Å². The quantitative estimate of drug-likeness (QED) is 0.654. The third-order valence-corrected chi connectivity index (χ3v) is 5.62. The molecule has 0 radical (unpaired) electrons. The number of halogens is 1. The van der Waals surface area contributed by atoms with Crippen LogP contribution in [0.3, 0.4) is 0 Å². The maximum atomic E-state index is 13.6. The summed E-state index contributed by atoms with van der Waals surface area (Å²) in [5.74, 6) is 0.812. The van der Waals surface area contributed by atoms with Crippen LogP contribution in [0.1, 0.15) is 17.4 Å².